The lowest BCUT2D eigenvalue weighted by atomic mass is 10.1. The van der Waals surface area contributed by atoms with Gasteiger partial charge in [-0.15, -0.1) is 0 Å². The lowest BCUT2D eigenvalue weighted by Gasteiger charge is -2.31. The molecule has 1 N–H and O–H groups in total. The largest absolute Gasteiger partial charge is 0.366 e. The minimum absolute atomic E-state index is 0.260. The topological polar surface area (TPSA) is 97.1 Å². The van der Waals surface area contributed by atoms with E-state index in [0.717, 1.165) is 0 Å². The van der Waals surface area contributed by atoms with Gasteiger partial charge in [0.25, 0.3) is 5.91 Å². The van der Waals surface area contributed by atoms with Crippen LogP contribution in [0.2, 0.25) is 0 Å². The van der Waals surface area contributed by atoms with Gasteiger partial charge in [-0.3, -0.25) is 9.89 Å². The molecule has 1 fully saturated rings. The van der Waals surface area contributed by atoms with Crippen molar-refractivity contribution in [2.45, 2.75) is 6.10 Å². The van der Waals surface area contributed by atoms with Gasteiger partial charge in [0.1, 0.15) is 11.9 Å². The molecular formula is C16H14FN5O3. The number of halogens is 1. The third-order valence-corrected chi connectivity index (χ3v) is 4.03. The maximum atomic E-state index is 14.1. The Kier molecular flexibility index (Phi) is 3.98. The summed E-state index contributed by atoms with van der Waals surface area (Å²) in [4.78, 5) is 18.5. The number of amides is 1. The second-order valence-corrected chi connectivity index (χ2v) is 5.54. The highest BCUT2D eigenvalue weighted by molar-refractivity contribution is 5.99. The van der Waals surface area contributed by atoms with Gasteiger partial charge in [-0.25, -0.2) is 4.39 Å². The van der Waals surface area contributed by atoms with Crippen LogP contribution in [0.3, 0.4) is 0 Å². The number of nitrogens with zero attached hydrogens (tertiary/aromatic N) is 4. The van der Waals surface area contributed by atoms with Gasteiger partial charge in [-0.1, -0.05) is 17.3 Å². The zero-order chi connectivity index (χ0) is 17.2. The normalized spacial score (nSPS) is 17.6. The molecular weight excluding hydrogens is 329 g/mol. The number of benzene rings is 1. The fourth-order valence-corrected chi connectivity index (χ4v) is 2.80. The van der Waals surface area contributed by atoms with Gasteiger partial charge in [0.05, 0.1) is 30.6 Å². The monoisotopic (exact) mass is 343 g/mol. The van der Waals surface area contributed by atoms with Crippen molar-refractivity contribution in [2.24, 2.45) is 0 Å². The molecule has 0 bridgehead atoms. The van der Waals surface area contributed by atoms with Crippen LogP contribution in [0.5, 0.6) is 0 Å². The zero-order valence-electron chi connectivity index (χ0n) is 13.1. The van der Waals surface area contributed by atoms with Gasteiger partial charge >= 0.3 is 0 Å². The molecule has 0 radical (unpaired) electrons. The highest BCUT2D eigenvalue weighted by Gasteiger charge is 2.30. The lowest BCUT2D eigenvalue weighted by molar-refractivity contribution is -0.0276. The van der Waals surface area contributed by atoms with Crippen molar-refractivity contribution < 1.29 is 18.4 Å². The summed E-state index contributed by atoms with van der Waals surface area (Å²) in [7, 11) is 0. The summed E-state index contributed by atoms with van der Waals surface area (Å²) < 4.78 is 24.4. The molecule has 1 aliphatic rings. The Morgan fingerprint density at radius 1 is 1.36 bits per heavy atom. The molecule has 1 amide bonds. The van der Waals surface area contributed by atoms with Crippen molar-refractivity contribution in [1.82, 2.24) is 25.2 Å². The van der Waals surface area contributed by atoms with Gasteiger partial charge in [0.15, 0.2) is 0 Å². The average molecular weight is 343 g/mol. The lowest BCUT2D eigenvalue weighted by Crippen LogP contribution is -2.42. The molecule has 0 spiro atoms. The zero-order valence-corrected chi connectivity index (χ0v) is 13.1. The first-order chi connectivity index (χ1) is 12.2. The third-order valence-electron chi connectivity index (χ3n) is 4.03. The summed E-state index contributed by atoms with van der Waals surface area (Å²) in [6.45, 7) is 1.03. The molecule has 1 aliphatic heterocycles. The molecule has 3 heterocycles. The summed E-state index contributed by atoms with van der Waals surface area (Å²) in [6, 6.07) is 6.23. The SMILES string of the molecule is O=C(c1cn[nH]c1-c1ccccc1F)N1CCOC(c2ncon2)C1. The first-order valence-corrected chi connectivity index (χ1v) is 7.69. The van der Waals surface area contributed by atoms with Crippen LogP contribution in [-0.2, 0) is 4.74 Å². The van der Waals surface area contributed by atoms with E-state index in [2.05, 4.69) is 20.3 Å². The predicted octanol–water partition coefficient (Wildman–Crippen LogP) is 1.81. The van der Waals surface area contributed by atoms with E-state index >= 15 is 0 Å². The van der Waals surface area contributed by atoms with Crippen LogP contribution in [0.4, 0.5) is 4.39 Å². The maximum Gasteiger partial charge on any atom is 0.257 e. The molecule has 25 heavy (non-hydrogen) atoms. The Morgan fingerprint density at radius 2 is 2.24 bits per heavy atom. The smallest absolute Gasteiger partial charge is 0.257 e. The van der Waals surface area contributed by atoms with Crippen molar-refractivity contribution in [2.75, 3.05) is 19.7 Å². The molecule has 3 aromatic rings. The molecule has 1 atom stereocenters. The summed E-state index contributed by atoms with van der Waals surface area (Å²) in [5.41, 5.74) is 0.955. The molecule has 8 nitrogen and oxygen atoms in total. The van der Waals surface area contributed by atoms with Crippen LogP contribution in [-0.4, -0.2) is 50.8 Å². The van der Waals surface area contributed by atoms with Crippen LogP contribution >= 0.6 is 0 Å². The summed E-state index contributed by atoms with van der Waals surface area (Å²) in [5, 5.41) is 10.4. The van der Waals surface area contributed by atoms with E-state index in [9.17, 15) is 9.18 Å². The second kappa shape index (κ2) is 6.44. The van der Waals surface area contributed by atoms with Crippen molar-refractivity contribution in [3.8, 4) is 11.3 Å². The number of hydrogen-bond donors (Lipinski definition) is 1. The number of carbonyl (C=O) groups is 1. The summed E-state index contributed by atoms with van der Waals surface area (Å²) in [6.07, 6.45) is 2.16. The fourth-order valence-electron chi connectivity index (χ4n) is 2.80. The third kappa shape index (κ3) is 2.89. The highest BCUT2D eigenvalue weighted by atomic mass is 19.1. The molecule has 1 aromatic carbocycles. The van der Waals surface area contributed by atoms with Gasteiger partial charge in [-0.2, -0.15) is 10.1 Å². The maximum absolute atomic E-state index is 14.1. The number of rotatable bonds is 3. The fraction of sp³-hybridized carbons (Fsp3) is 0.250. The average Bonchev–Trinajstić information content (AvgIpc) is 3.33. The molecule has 1 unspecified atom stereocenters. The Labute approximate surface area is 141 Å². The molecule has 1 saturated heterocycles. The van der Waals surface area contributed by atoms with E-state index in [0.29, 0.717) is 35.8 Å². The number of morpholine rings is 1. The van der Waals surface area contributed by atoms with E-state index in [-0.39, 0.29) is 12.5 Å². The van der Waals surface area contributed by atoms with E-state index in [1.54, 1.807) is 23.1 Å². The number of aromatic amines is 1. The predicted molar refractivity (Wildman–Crippen MR) is 82.9 cm³/mol. The van der Waals surface area contributed by atoms with E-state index in [4.69, 9.17) is 9.26 Å². The van der Waals surface area contributed by atoms with E-state index < -0.39 is 11.9 Å². The molecule has 0 aliphatic carbocycles. The number of ether oxygens (including phenoxy) is 1. The van der Waals surface area contributed by atoms with Crippen LogP contribution in [0.1, 0.15) is 22.3 Å². The highest BCUT2D eigenvalue weighted by Crippen LogP contribution is 2.26. The van der Waals surface area contributed by atoms with Gasteiger partial charge < -0.3 is 14.2 Å². The Balaban J connectivity index is 1.60. The Bertz CT molecular complexity index is 880. The number of aromatic nitrogens is 4. The standard InChI is InChI=1S/C16H14FN5O3/c17-12-4-2-1-3-10(12)14-11(7-19-20-14)16(23)22-5-6-24-13(8-22)15-18-9-25-21-15/h1-4,7,9,13H,5-6,8H2,(H,19,20). The number of carbonyl (C=O) groups excluding carboxylic acids is 1. The number of nitrogens with one attached hydrogen (secondary N) is 1. The first-order valence-electron chi connectivity index (χ1n) is 7.69. The molecule has 0 saturated carbocycles. The first kappa shape index (κ1) is 15.5. The minimum Gasteiger partial charge on any atom is -0.366 e. The number of hydrogen-bond acceptors (Lipinski definition) is 6. The number of H-pyrrole nitrogens is 1. The summed E-state index contributed by atoms with van der Waals surface area (Å²) >= 11 is 0. The van der Waals surface area contributed by atoms with Gasteiger partial charge in [-0.05, 0) is 12.1 Å². The Hall–Kier alpha value is -3.07. The van der Waals surface area contributed by atoms with Crippen LogP contribution in [0.25, 0.3) is 11.3 Å². The minimum atomic E-state index is -0.458. The van der Waals surface area contributed by atoms with Crippen LogP contribution in [0, 0.1) is 5.82 Å². The van der Waals surface area contributed by atoms with Crippen molar-refractivity contribution >= 4 is 5.91 Å². The van der Waals surface area contributed by atoms with Gasteiger partial charge in [0, 0.05) is 12.1 Å². The van der Waals surface area contributed by atoms with Crippen LogP contribution in [0.15, 0.2) is 41.4 Å². The molecule has 2 aromatic heterocycles. The Morgan fingerprint density at radius 3 is 3.04 bits per heavy atom. The molecule has 128 valence electrons. The van der Waals surface area contributed by atoms with E-state index in [1.165, 1.54) is 18.7 Å². The van der Waals surface area contributed by atoms with Crippen molar-refractivity contribution in [3.05, 3.63) is 54.1 Å². The molecule has 9 heteroatoms. The van der Waals surface area contributed by atoms with E-state index in [1.807, 2.05) is 0 Å². The quantitative estimate of drug-likeness (QED) is 0.779. The second-order valence-electron chi connectivity index (χ2n) is 5.54. The van der Waals surface area contributed by atoms with Gasteiger partial charge in [0.2, 0.25) is 12.2 Å². The summed E-state index contributed by atoms with van der Waals surface area (Å²) in [5.74, 6) is -0.296. The van der Waals surface area contributed by atoms with Crippen molar-refractivity contribution in [1.29, 1.82) is 0 Å². The molecule has 4 rings (SSSR count). The van der Waals surface area contributed by atoms with Crippen LogP contribution < -0.4 is 0 Å². The van der Waals surface area contributed by atoms with Crippen molar-refractivity contribution in [3.63, 3.8) is 0 Å².